The fraction of sp³-hybridized carbons (Fsp3) is 0.517. The molecule has 0 bridgehead atoms. The van der Waals surface area contributed by atoms with Crippen molar-refractivity contribution in [2.24, 2.45) is 0 Å². The van der Waals surface area contributed by atoms with Crippen molar-refractivity contribution in [3.8, 4) is 0 Å². The largest absolute Gasteiger partial charge is 0.344 e. The molecule has 0 N–H and O–H groups in total. The van der Waals surface area contributed by atoms with E-state index in [4.69, 9.17) is 0 Å². The molecule has 33 heavy (non-hydrogen) atoms. The molecular weight excluding hydrogens is 409 g/mol. The van der Waals surface area contributed by atoms with Gasteiger partial charge in [0.05, 0.1) is 0 Å². The highest BCUT2D eigenvalue weighted by atomic mass is 19.1. The first-order valence-corrected chi connectivity index (χ1v) is 12.9. The maximum Gasteiger partial charge on any atom is 0.123 e. The van der Waals surface area contributed by atoms with Gasteiger partial charge in [-0.2, -0.15) is 0 Å². The first-order chi connectivity index (χ1) is 16.1. The Morgan fingerprint density at radius 1 is 0.939 bits per heavy atom. The molecule has 180 valence electrons. The van der Waals surface area contributed by atoms with Crippen LogP contribution in [0, 0.1) is 5.82 Å². The van der Waals surface area contributed by atoms with Crippen LogP contribution in [0.25, 0.3) is 10.9 Å². The average molecular weight is 452 g/mol. The molecule has 2 heterocycles. The summed E-state index contributed by atoms with van der Waals surface area (Å²) in [6.07, 6.45) is 8.83. The van der Waals surface area contributed by atoms with Crippen LogP contribution in [0.5, 0.6) is 0 Å². The number of piperidine rings is 1. The number of likely N-dealkylation sites (tertiary alicyclic amines) is 1. The second kappa shape index (κ2) is 13.5. The smallest absolute Gasteiger partial charge is 0.123 e. The van der Waals surface area contributed by atoms with Gasteiger partial charge in [-0.15, -0.1) is 0 Å². The van der Waals surface area contributed by atoms with Gasteiger partial charge >= 0.3 is 0 Å². The van der Waals surface area contributed by atoms with Crippen molar-refractivity contribution < 1.29 is 4.39 Å². The third kappa shape index (κ3) is 7.68. The van der Waals surface area contributed by atoms with Crippen molar-refractivity contribution in [1.29, 1.82) is 0 Å². The van der Waals surface area contributed by atoms with Gasteiger partial charge in [0.1, 0.15) is 5.82 Å². The maximum atomic E-state index is 11.9. The standard InChI is InChI=1S/C23H37N3.C6H5F/c1-4-7-8-14-25(6-3)19-20-9-10-21-11-17-26(23(21)18-20)22-12-15-24(5-2)16-13-22;7-6-4-2-1-3-5-6/h9-11,17-18,22H,4-8,12-16,19H2,1-3H3;1-5H. The Labute approximate surface area is 200 Å². The molecule has 0 spiro atoms. The van der Waals surface area contributed by atoms with Crippen molar-refractivity contribution >= 4 is 10.9 Å². The van der Waals surface area contributed by atoms with Crippen LogP contribution in [0.2, 0.25) is 0 Å². The lowest BCUT2D eigenvalue weighted by Crippen LogP contribution is -2.34. The Kier molecular flexibility index (Phi) is 10.4. The molecule has 0 aliphatic carbocycles. The van der Waals surface area contributed by atoms with E-state index in [-0.39, 0.29) is 5.82 Å². The SMILES string of the molecule is CCCCCN(CC)Cc1ccc2ccn(C3CCN(CC)CC3)c2c1.Fc1ccccc1. The normalized spacial score (nSPS) is 15.1. The molecule has 2 aromatic carbocycles. The lowest BCUT2D eigenvalue weighted by atomic mass is 10.0. The van der Waals surface area contributed by atoms with E-state index >= 15 is 0 Å². The van der Waals surface area contributed by atoms with Gasteiger partial charge in [0.25, 0.3) is 0 Å². The molecule has 1 saturated heterocycles. The fourth-order valence-electron chi connectivity index (χ4n) is 4.73. The summed E-state index contributed by atoms with van der Waals surface area (Å²) in [5.41, 5.74) is 2.89. The van der Waals surface area contributed by atoms with Gasteiger partial charge in [-0.25, -0.2) is 4.39 Å². The molecule has 0 radical (unpaired) electrons. The lowest BCUT2D eigenvalue weighted by molar-refractivity contribution is 0.197. The molecule has 1 aliphatic heterocycles. The molecule has 0 atom stereocenters. The van der Waals surface area contributed by atoms with Crippen LogP contribution in [0.3, 0.4) is 0 Å². The van der Waals surface area contributed by atoms with E-state index < -0.39 is 0 Å². The molecule has 1 fully saturated rings. The lowest BCUT2D eigenvalue weighted by Gasteiger charge is -2.32. The number of halogens is 1. The van der Waals surface area contributed by atoms with E-state index in [1.165, 1.54) is 86.9 Å². The van der Waals surface area contributed by atoms with Crippen molar-refractivity contribution in [1.82, 2.24) is 14.4 Å². The van der Waals surface area contributed by atoms with Crippen molar-refractivity contribution in [2.45, 2.75) is 65.5 Å². The van der Waals surface area contributed by atoms with E-state index in [2.05, 4.69) is 65.6 Å². The van der Waals surface area contributed by atoms with E-state index in [1.807, 2.05) is 0 Å². The second-order valence-corrected chi connectivity index (χ2v) is 9.15. The molecule has 0 amide bonds. The zero-order valence-corrected chi connectivity index (χ0v) is 20.8. The van der Waals surface area contributed by atoms with E-state index in [1.54, 1.807) is 18.2 Å². The summed E-state index contributed by atoms with van der Waals surface area (Å²) in [5.74, 6) is -0.178. The summed E-state index contributed by atoms with van der Waals surface area (Å²) in [7, 11) is 0. The summed E-state index contributed by atoms with van der Waals surface area (Å²) in [6, 6.07) is 18.0. The average Bonchev–Trinajstić information content (AvgIpc) is 3.28. The summed E-state index contributed by atoms with van der Waals surface area (Å²) >= 11 is 0. The second-order valence-electron chi connectivity index (χ2n) is 9.15. The number of nitrogens with zero attached hydrogens (tertiary/aromatic N) is 3. The van der Waals surface area contributed by atoms with Gasteiger partial charge in [-0.3, -0.25) is 4.90 Å². The Bertz CT molecular complexity index is 928. The number of benzene rings is 2. The van der Waals surface area contributed by atoms with Crippen molar-refractivity contribution in [2.75, 3.05) is 32.7 Å². The number of hydrogen-bond donors (Lipinski definition) is 0. The summed E-state index contributed by atoms with van der Waals surface area (Å²) in [6.45, 7) is 13.9. The minimum atomic E-state index is -0.178. The minimum absolute atomic E-state index is 0.178. The van der Waals surface area contributed by atoms with Crippen LogP contribution in [0.4, 0.5) is 4.39 Å². The van der Waals surface area contributed by atoms with Gasteiger partial charge in [-0.05, 0) is 74.1 Å². The third-order valence-electron chi connectivity index (χ3n) is 6.85. The van der Waals surface area contributed by atoms with Crippen LogP contribution in [-0.2, 0) is 6.54 Å². The maximum absolute atomic E-state index is 11.9. The Hall–Kier alpha value is -2.17. The topological polar surface area (TPSA) is 11.4 Å². The van der Waals surface area contributed by atoms with E-state index in [0.29, 0.717) is 6.04 Å². The zero-order valence-electron chi connectivity index (χ0n) is 20.8. The number of rotatable bonds is 9. The quantitative estimate of drug-likeness (QED) is 0.320. The van der Waals surface area contributed by atoms with Gasteiger partial charge in [0.15, 0.2) is 0 Å². The highest BCUT2D eigenvalue weighted by Crippen LogP contribution is 2.28. The third-order valence-corrected chi connectivity index (χ3v) is 6.85. The van der Waals surface area contributed by atoms with Gasteiger partial charge in [0.2, 0.25) is 0 Å². The molecule has 0 unspecified atom stereocenters. The van der Waals surface area contributed by atoms with Crippen LogP contribution < -0.4 is 0 Å². The number of hydrogen-bond acceptors (Lipinski definition) is 2. The van der Waals surface area contributed by atoms with Crippen LogP contribution >= 0.6 is 0 Å². The molecule has 1 aliphatic rings. The van der Waals surface area contributed by atoms with Gasteiger partial charge < -0.3 is 9.47 Å². The Balaban J connectivity index is 0.000000374. The summed E-state index contributed by atoms with van der Waals surface area (Å²) < 4.78 is 14.5. The van der Waals surface area contributed by atoms with Crippen LogP contribution in [-0.4, -0.2) is 47.1 Å². The number of aromatic nitrogens is 1. The van der Waals surface area contributed by atoms with Gasteiger partial charge in [-0.1, -0.05) is 63.9 Å². The van der Waals surface area contributed by atoms with Gasteiger partial charge in [0, 0.05) is 37.4 Å². The van der Waals surface area contributed by atoms with Crippen molar-refractivity contribution in [3.05, 3.63) is 72.2 Å². The summed E-state index contributed by atoms with van der Waals surface area (Å²) in [5, 5.41) is 1.39. The molecule has 3 nitrogen and oxygen atoms in total. The van der Waals surface area contributed by atoms with Crippen LogP contribution in [0.15, 0.2) is 60.8 Å². The summed E-state index contributed by atoms with van der Waals surface area (Å²) in [4.78, 5) is 5.16. The monoisotopic (exact) mass is 451 g/mol. The van der Waals surface area contributed by atoms with Crippen LogP contribution in [0.1, 0.15) is 64.5 Å². The number of unbranched alkanes of at least 4 members (excludes halogenated alkanes) is 2. The first-order valence-electron chi connectivity index (χ1n) is 12.9. The van der Waals surface area contributed by atoms with E-state index in [0.717, 1.165) is 13.1 Å². The minimum Gasteiger partial charge on any atom is -0.344 e. The zero-order chi connectivity index (χ0) is 23.5. The fourth-order valence-corrected chi connectivity index (χ4v) is 4.73. The Morgan fingerprint density at radius 3 is 2.30 bits per heavy atom. The first kappa shape index (κ1) is 25.5. The number of fused-ring (bicyclic) bond motifs is 1. The molecule has 3 aromatic rings. The molecular formula is C29H42FN3. The molecule has 4 rings (SSSR count). The van der Waals surface area contributed by atoms with E-state index in [9.17, 15) is 4.39 Å². The molecule has 4 heteroatoms. The highest BCUT2D eigenvalue weighted by molar-refractivity contribution is 5.81. The van der Waals surface area contributed by atoms with Crippen molar-refractivity contribution in [3.63, 3.8) is 0 Å². The predicted octanol–water partition coefficient (Wildman–Crippen LogP) is 7.14. The highest BCUT2D eigenvalue weighted by Gasteiger charge is 2.20. The Morgan fingerprint density at radius 2 is 1.70 bits per heavy atom. The predicted molar refractivity (Wildman–Crippen MR) is 139 cm³/mol. The molecule has 1 aromatic heterocycles. The molecule has 0 saturated carbocycles.